The van der Waals surface area contributed by atoms with Crippen molar-refractivity contribution < 1.29 is 24.9 Å². The van der Waals surface area contributed by atoms with Gasteiger partial charge in [-0.2, -0.15) is 0 Å². The lowest BCUT2D eigenvalue weighted by Gasteiger charge is -2.18. The van der Waals surface area contributed by atoms with Gasteiger partial charge in [-0.1, -0.05) is 12.0 Å². The molecule has 0 atom stereocenters. The van der Waals surface area contributed by atoms with Crippen LogP contribution in [0.1, 0.15) is 10.4 Å². The molecule has 0 radical (unpaired) electrons. The lowest BCUT2D eigenvalue weighted by molar-refractivity contribution is -0.137. The molecular formula is C12H11NO5. The number of phenolic OH excluding ortho intramolecular Hbond substituents is 2. The molecule has 0 aromatic heterocycles. The molecular weight excluding hydrogens is 238 g/mol. The van der Waals surface area contributed by atoms with Gasteiger partial charge in [-0.3, -0.25) is 9.59 Å². The predicted octanol–water partition coefficient (Wildman–Crippen LogP) is 0.258. The zero-order valence-corrected chi connectivity index (χ0v) is 9.33. The minimum Gasteiger partial charge on any atom is -0.504 e. The first-order valence-corrected chi connectivity index (χ1v) is 4.92. The molecule has 6 nitrogen and oxygen atoms in total. The van der Waals surface area contributed by atoms with Crippen LogP contribution in [0.25, 0.3) is 0 Å². The molecule has 0 fully saturated rings. The average molecular weight is 249 g/mol. The Balaban J connectivity index is 3.06. The van der Waals surface area contributed by atoms with E-state index in [-0.39, 0.29) is 12.1 Å². The van der Waals surface area contributed by atoms with E-state index in [9.17, 15) is 19.8 Å². The van der Waals surface area contributed by atoms with Gasteiger partial charge in [0.05, 0.1) is 12.1 Å². The van der Waals surface area contributed by atoms with E-state index >= 15 is 0 Å². The Hall–Kier alpha value is -2.68. The molecule has 0 heterocycles. The maximum absolute atomic E-state index is 11.9. The zero-order chi connectivity index (χ0) is 13.7. The van der Waals surface area contributed by atoms with Crippen LogP contribution >= 0.6 is 0 Å². The third kappa shape index (κ3) is 2.92. The number of rotatable bonds is 4. The Bertz CT molecular complexity index is 518. The Kier molecular flexibility index (Phi) is 4.16. The van der Waals surface area contributed by atoms with Gasteiger partial charge in [0, 0.05) is 0 Å². The summed E-state index contributed by atoms with van der Waals surface area (Å²) in [6, 6.07) is 3.83. The van der Waals surface area contributed by atoms with Crippen LogP contribution in [0, 0.1) is 12.3 Å². The second-order valence-electron chi connectivity index (χ2n) is 3.43. The highest BCUT2D eigenvalue weighted by Gasteiger charge is 2.21. The van der Waals surface area contributed by atoms with Gasteiger partial charge in [-0.05, 0) is 12.1 Å². The molecule has 0 aliphatic rings. The van der Waals surface area contributed by atoms with Gasteiger partial charge in [-0.25, -0.2) is 0 Å². The van der Waals surface area contributed by atoms with Crippen LogP contribution in [0.3, 0.4) is 0 Å². The van der Waals surface area contributed by atoms with Gasteiger partial charge in [0.2, 0.25) is 0 Å². The molecule has 94 valence electrons. The number of aromatic hydroxyl groups is 2. The predicted molar refractivity (Wildman–Crippen MR) is 62.1 cm³/mol. The number of carbonyl (C=O) groups is 2. The van der Waals surface area contributed by atoms with Crippen molar-refractivity contribution in [1.82, 2.24) is 4.90 Å². The summed E-state index contributed by atoms with van der Waals surface area (Å²) in [5.41, 5.74) is -0.202. The molecule has 0 aliphatic heterocycles. The smallest absolute Gasteiger partial charge is 0.323 e. The molecule has 6 heteroatoms. The van der Waals surface area contributed by atoms with E-state index in [1.54, 1.807) is 0 Å². The molecule has 1 aromatic carbocycles. The summed E-state index contributed by atoms with van der Waals surface area (Å²) in [4.78, 5) is 23.4. The molecule has 0 spiro atoms. The van der Waals surface area contributed by atoms with Crippen LogP contribution in [-0.4, -0.2) is 45.2 Å². The number of hydrogen-bond acceptors (Lipinski definition) is 4. The number of nitrogens with zero attached hydrogens (tertiary/aromatic N) is 1. The van der Waals surface area contributed by atoms with Gasteiger partial charge in [0.25, 0.3) is 5.91 Å². The zero-order valence-electron chi connectivity index (χ0n) is 9.33. The van der Waals surface area contributed by atoms with Gasteiger partial charge in [0.15, 0.2) is 11.5 Å². The second-order valence-corrected chi connectivity index (χ2v) is 3.43. The largest absolute Gasteiger partial charge is 0.504 e. The van der Waals surface area contributed by atoms with Crippen molar-refractivity contribution in [2.45, 2.75) is 0 Å². The highest BCUT2D eigenvalue weighted by molar-refractivity contribution is 5.99. The van der Waals surface area contributed by atoms with Crippen LogP contribution in [0.4, 0.5) is 0 Å². The molecule has 0 unspecified atom stereocenters. The highest BCUT2D eigenvalue weighted by Crippen LogP contribution is 2.28. The number of amides is 1. The molecule has 0 saturated heterocycles. The fourth-order valence-electron chi connectivity index (χ4n) is 1.35. The van der Waals surface area contributed by atoms with Crippen LogP contribution in [0.2, 0.25) is 0 Å². The van der Waals surface area contributed by atoms with Crippen molar-refractivity contribution in [3.8, 4) is 23.8 Å². The number of carboxylic acid groups (broad SMARTS) is 1. The molecule has 0 bridgehead atoms. The topological polar surface area (TPSA) is 98.1 Å². The van der Waals surface area contributed by atoms with Gasteiger partial charge in [0.1, 0.15) is 6.54 Å². The van der Waals surface area contributed by atoms with Crippen molar-refractivity contribution in [2.24, 2.45) is 0 Å². The highest BCUT2D eigenvalue weighted by atomic mass is 16.4. The van der Waals surface area contributed by atoms with Crippen LogP contribution < -0.4 is 0 Å². The third-order valence-corrected chi connectivity index (χ3v) is 2.14. The Labute approximate surface area is 103 Å². The number of aliphatic carboxylic acids is 1. The molecule has 3 N–H and O–H groups in total. The second kappa shape index (κ2) is 5.59. The third-order valence-electron chi connectivity index (χ3n) is 2.14. The molecule has 1 amide bonds. The maximum Gasteiger partial charge on any atom is 0.323 e. The van der Waals surface area contributed by atoms with Crippen LogP contribution in [0.15, 0.2) is 18.2 Å². The van der Waals surface area contributed by atoms with Crippen molar-refractivity contribution >= 4 is 11.9 Å². The first-order chi connectivity index (χ1) is 8.47. The number of carbonyl (C=O) groups excluding carboxylic acids is 1. The van der Waals surface area contributed by atoms with E-state index < -0.39 is 29.9 Å². The van der Waals surface area contributed by atoms with Crippen molar-refractivity contribution in [3.05, 3.63) is 23.8 Å². The normalized spacial score (nSPS) is 9.50. The number of phenols is 2. The van der Waals surface area contributed by atoms with Crippen molar-refractivity contribution in [2.75, 3.05) is 13.1 Å². The van der Waals surface area contributed by atoms with E-state index in [0.29, 0.717) is 0 Å². The van der Waals surface area contributed by atoms with E-state index in [0.717, 1.165) is 4.90 Å². The van der Waals surface area contributed by atoms with E-state index in [4.69, 9.17) is 11.5 Å². The number of hydrogen-bond donors (Lipinski definition) is 3. The molecule has 0 saturated carbocycles. The SMILES string of the molecule is C#CCN(CC(=O)O)C(=O)c1cccc(O)c1O. The molecule has 1 rings (SSSR count). The van der Waals surface area contributed by atoms with Crippen LogP contribution in [0.5, 0.6) is 11.5 Å². The summed E-state index contributed by atoms with van der Waals surface area (Å²) in [6.07, 6.45) is 5.04. The van der Waals surface area contributed by atoms with Gasteiger partial charge in [-0.15, -0.1) is 6.42 Å². The van der Waals surface area contributed by atoms with E-state index in [1.165, 1.54) is 18.2 Å². The summed E-state index contributed by atoms with van der Waals surface area (Å²) in [5, 5.41) is 27.4. The molecule has 0 aliphatic carbocycles. The fraction of sp³-hybridized carbons (Fsp3) is 0.167. The summed E-state index contributed by atoms with van der Waals surface area (Å²) < 4.78 is 0. The number of para-hydroxylation sites is 1. The molecule has 1 aromatic rings. The number of carboxylic acids is 1. The Morgan fingerprint density at radius 1 is 1.33 bits per heavy atom. The summed E-state index contributed by atoms with van der Waals surface area (Å²) in [5.74, 6) is -0.892. The summed E-state index contributed by atoms with van der Waals surface area (Å²) in [7, 11) is 0. The average Bonchev–Trinajstić information content (AvgIpc) is 2.31. The summed E-state index contributed by atoms with van der Waals surface area (Å²) in [6.45, 7) is -0.793. The fourth-order valence-corrected chi connectivity index (χ4v) is 1.35. The van der Waals surface area contributed by atoms with Crippen molar-refractivity contribution in [3.63, 3.8) is 0 Å². The van der Waals surface area contributed by atoms with Gasteiger partial charge < -0.3 is 20.2 Å². The lowest BCUT2D eigenvalue weighted by atomic mass is 10.1. The number of terminal acetylenes is 1. The quantitative estimate of drug-likeness (QED) is 0.525. The first-order valence-electron chi connectivity index (χ1n) is 4.92. The van der Waals surface area contributed by atoms with Crippen LogP contribution in [-0.2, 0) is 4.79 Å². The van der Waals surface area contributed by atoms with Crippen molar-refractivity contribution in [1.29, 1.82) is 0 Å². The summed E-state index contributed by atoms with van der Waals surface area (Å²) >= 11 is 0. The minimum atomic E-state index is -1.22. The molecule has 18 heavy (non-hydrogen) atoms. The monoisotopic (exact) mass is 249 g/mol. The standard InChI is InChI=1S/C12H11NO5/c1-2-6-13(7-10(15)16)12(18)8-4-3-5-9(14)11(8)17/h1,3-5,14,17H,6-7H2,(H,15,16). The van der Waals surface area contributed by atoms with Gasteiger partial charge >= 0.3 is 5.97 Å². The van der Waals surface area contributed by atoms with E-state index in [1.807, 2.05) is 0 Å². The lowest BCUT2D eigenvalue weighted by Crippen LogP contribution is -2.36. The van der Waals surface area contributed by atoms with E-state index in [2.05, 4.69) is 5.92 Å². The minimum absolute atomic E-state index is 0.202. The maximum atomic E-state index is 11.9. The number of benzene rings is 1. The first kappa shape index (κ1) is 13.4. The Morgan fingerprint density at radius 2 is 2.00 bits per heavy atom. The Morgan fingerprint density at radius 3 is 2.56 bits per heavy atom.